The summed E-state index contributed by atoms with van der Waals surface area (Å²) in [4.78, 5) is 4.40. The minimum Gasteiger partial charge on any atom is -0.370 e. The zero-order chi connectivity index (χ0) is 12.8. The lowest BCUT2D eigenvalue weighted by atomic mass is 10.2. The highest BCUT2D eigenvalue weighted by Gasteiger charge is 2.24. The maximum atomic E-state index is 5.63. The van der Waals surface area contributed by atoms with Gasteiger partial charge in [-0.1, -0.05) is 18.5 Å². The number of aromatic nitrogens is 2. The molecule has 0 radical (unpaired) electrons. The van der Waals surface area contributed by atoms with Gasteiger partial charge in [0, 0.05) is 19.7 Å². The van der Waals surface area contributed by atoms with E-state index in [1.54, 1.807) is 0 Å². The van der Waals surface area contributed by atoms with Crippen molar-refractivity contribution in [3.05, 3.63) is 11.7 Å². The van der Waals surface area contributed by atoms with Crippen LogP contribution >= 0.6 is 0 Å². The maximum Gasteiger partial charge on any atom is 0.257 e. The van der Waals surface area contributed by atoms with Crippen LogP contribution in [0.1, 0.15) is 50.6 Å². The van der Waals surface area contributed by atoms with Gasteiger partial charge in [-0.05, 0) is 13.3 Å². The SMILES string of the molecule is CCCC(OCC)c1noc(C2CNCCO2)n1. The molecule has 1 aliphatic rings. The van der Waals surface area contributed by atoms with E-state index in [0.717, 1.165) is 19.4 Å². The Morgan fingerprint density at radius 2 is 2.39 bits per heavy atom. The molecule has 0 spiro atoms. The molecule has 1 N–H and O–H groups in total. The number of nitrogens with one attached hydrogen (secondary N) is 1. The van der Waals surface area contributed by atoms with E-state index < -0.39 is 0 Å². The summed E-state index contributed by atoms with van der Waals surface area (Å²) >= 11 is 0. The standard InChI is InChI=1S/C12H21N3O3/c1-3-5-9(16-4-2)11-14-12(18-15-11)10-8-13-6-7-17-10/h9-10,13H,3-8H2,1-2H3. The van der Waals surface area contributed by atoms with Crippen LogP contribution in [0.15, 0.2) is 4.52 Å². The van der Waals surface area contributed by atoms with Crippen LogP contribution in [0.25, 0.3) is 0 Å². The fourth-order valence-corrected chi connectivity index (χ4v) is 1.98. The van der Waals surface area contributed by atoms with Crippen LogP contribution in [0, 0.1) is 0 Å². The first-order valence-electron chi connectivity index (χ1n) is 6.62. The highest BCUT2D eigenvalue weighted by molar-refractivity contribution is 4.95. The Balaban J connectivity index is 2.02. The van der Waals surface area contributed by atoms with Crippen LogP contribution in [0.2, 0.25) is 0 Å². The normalized spacial score (nSPS) is 22.0. The lowest BCUT2D eigenvalue weighted by Crippen LogP contribution is -2.33. The van der Waals surface area contributed by atoms with E-state index in [1.165, 1.54) is 0 Å². The average molecular weight is 255 g/mol. The van der Waals surface area contributed by atoms with Crippen LogP contribution in [-0.2, 0) is 9.47 Å². The van der Waals surface area contributed by atoms with Crippen LogP contribution < -0.4 is 5.32 Å². The Bertz CT molecular complexity index is 344. The van der Waals surface area contributed by atoms with Gasteiger partial charge in [-0.15, -0.1) is 0 Å². The molecule has 2 atom stereocenters. The number of nitrogens with zero attached hydrogens (tertiary/aromatic N) is 2. The van der Waals surface area contributed by atoms with Gasteiger partial charge in [-0.25, -0.2) is 0 Å². The molecule has 1 aromatic heterocycles. The molecule has 1 aromatic rings. The summed E-state index contributed by atoms with van der Waals surface area (Å²) in [7, 11) is 0. The van der Waals surface area contributed by atoms with Crippen molar-refractivity contribution in [2.24, 2.45) is 0 Å². The molecule has 0 bridgehead atoms. The first-order valence-corrected chi connectivity index (χ1v) is 6.62. The third kappa shape index (κ3) is 3.28. The Kier molecular flexibility index (Phi) is 5.10. The van der Waals surface area contributed by atoms with Gasteiger partial charge in [0.1, 0.15) is 12.2 Å². The van der Waals surface area contributed by atoms with Crippen molar-refractivity contribution in [1.29, 1.82) is 0 Å². The molecule has 2 rings (SSSR count). The van der Waals surface area contributed by atoms with E-state index in [9.17, 15) is 0 Å². The molecule has 0 aliphatic carbocycles. The second-order valence-corrected chi connectivity index (χ2v) is 4.29. The molecule has 0 amide bonds. The second-order valence-electron chi connectivity index (χ2n) is 4.29. The number of morpholine rings is 1. The second kappa shape index (κ2) is 6.82. The predicted molar refractivity (Wildman–Crippen MR) is 65.1 cm³/mol. The first-order chi connectivity index (χ1) is 8.85. The van der Waals surface area contributed by atoms with E-state index in [-0.39, 0.29) is 12.2 Å². The number of hydrogen-bond acceptors (Lipinski definition) is 6. The molecule has 18 heavy (non-hydrogen) atoms. The van der Waals surface area contributed by atoms with Crippen molar-refractivity contribution in [2.75, 3.05) is 26.3 Å². The molecule has 102 valence electrons. The Morgan fingerprint density at radius 3 is 3.06 bits per heavy atom. The molecule has 6 nitrogen and oxygen atoms in total. The largest absolute Gasteiger partial charge is 0.370 e. The lowest BCUT2D eigenvalue weighted by molar-refractivity contribution is 0.00754. The first kappa shape index (κ1) is 13.5. The van der Waals surface area contributed by atoms with Crippen molar-refractivity contribution in [1.82, 2.24) is 15.5 Å². The van der Waals surface area contributed by atoms with Crippen LogP contribution in [-0.4, -0.2) is 36.4 Å². The van der Waals surface area contributed by atoms with Crippen molar-refractivity contribution in [3.63, 3.8) is 0 Å². The maximum absolute atomic E-state index is 5.63. The van der Waals surface area contributed by atoms with Gasteiger partial charge in [0.2, 0.25) is 5.82 Å². The average Bonchev–Trinajstić information content (AvgIpc) is 2.89. The summed E-state index contributed by atoms with van der Waals surface area (Å²) in [6.07, 6.45) is 1.71. The van der Waals surface area contributed by atoms with Crippen molar-refractivity contribution >= 4 is 0 Å². The zero-order valence-electron chi connectivity index (χ0n) is 11.0. The molecular formula is C12H21N3O3. The lowest BCUT2D eigenvalue weighted by Gasteiger charge is -2.20. The van der Waals surface area contributed by atoms with Crippen LogP contribution in [0.4, 0.5) is 0 Å². The molecule has 1 aliphatic heterocycles. The summed E-state index contributed by atoms with van der Waals surface area (Å²) in [5.74, 6) is 1.17. The molecule has 2 heterocycles. The van der Waals surface area contributed by atoms with Crippen molar-refractivity contribution in [3.8, 4) is 0 Å². The molecule has 1 saturated heterocycles. The molecular weight excluding hydrogens is 234 g/mol. The van der Waals surface area contributed by atoms with Gasteiger partial charge in [-0.3, -0.25) is 0 Å². The monoisotopic (exact) mass is 255 g/mol. The molecule has 2 unspecified atom stereocenters. The van der Waals surface area contributed by atoms with Gasteiger partial charge in [0.25, 0.3) is 5.89 Å². The topological polar surface area (TPSA) is 69.4 Å². The fraction of sp³-hybridized carbons (Fsp3) is 0.833. The number of rotatable bonds is 6. The third-order valence-electron chi connectivity index (χ3n) is 2.87. The smallest absolute Gasteiger partial charge is 0.257 e. The van der Waals surface area contributed by atoms with E-state index in [0.29, 0.717) is 31.5 Å². The minimum absolute atomic E-state index is 0.0750. The summed E-state index contributed by atoms with van der Waals surface area (Å²) in [6.45, 7) is 6.99. The minimum atomic E-state index is -0.135. The van der Waals surface area contributed by atoms with E-state index in [2.05, 4.69) is 22.4 Å². The quantitative estimate of drug-likeness (QED) is 0.832. The van der Waals surface area contributed by atoms with E-state index >= 15 is 0 Å². The van der Waals surface area contributed by atoms with Gasteiger partial charge >= 0.3 is 0 Å². The van der Waals surface area contributed by atoms with Crippen LogP contribution in [0.5, 0.6) is 0 Å². The Hall–Kier alpha value is -0.980. The van der Waals surface area contributed by atoms with Crippen LogP contribution in [0.3, 0.4) is 0 Å². The molecule has 6 heteroatoms. The third-order valence-corrected chi connectivity index (χ3v) is 2.87. The highest BCUT2D eigenvalue weighted by Crippen LogP contribution is 2.23. The van der Waals surface area contributed by atoms with Crippen molar-refractivity contribution in [2.45, 2.75) is 38.9 Å². The van der Waals surface area contributed by atoms with Gasteiger partial charge in [-0.2, -0.15) is 4.98 Å². The predicted octanol–water partition coefficient (Wildman–Crippen LogP) is 1.61. The zero-order valence-corrected chi connectivity index (χ0v) is 11.0. The summed E-state index contributed by atoms with van der Waals surface area (Å²) in [5, 5.41) is 7.25. The van der Waals surface area contributed by atoms with Crippen molar-refractivity contribution < 1.29 is 14.0 Å². The van der Waals surface area contributed by atoms with E-state index in [4.69, 9.17) is 14.0 Å². The highest BCUT2D eigenvalue weighted by atomic mass is 16.5. The van der Waals surface area contributed by atoms with Gasteiger partial charge < -0.3 is 19.3 Å². The number of ether oxygens (including phenoxy) is 2. The summed E-state index contributed by atoms with van der Waals surface area (Å²) in [6, 6.07) is 0. The fourth-order valence-electron chi connectivity index (χ4n) is 1.98. The Morgan fingerprint density at radius 1 is 1.50 bits per heavy atom. The molecule has 0 saturated carbocycles. The number of hydrogen-bond donors (Lipinski definition) is 1. The molecule has 0 aromatic carbocycles. The Labute approximate surface area is 107 Å². The summed E-state index contributed by atoms with van der Waals surface area (Å²) < 4.78 is 16.5. The molecule has 1 fully saturated rings. The van der Waals surface area contributed by atoms with Gasteiger partial charge in [0.05, 0.1) is 6.61 Å². The summed E-state index contributed by atoms with van der Waals surface area (Å²) in [5.41, 5.74) is 0. The van der Waals surface area contributed by atoms with E-state index in [1.807, 2.05) is 6.92 Å². The van der Waals surface area contributed by atoms with Gasteiger partial charge in [0.15, 0.2) is 0 Å².